The summed E-state index contributed by atoms with van der Waals surface area (Å²) in [5.41, 5.74) is 0. The van der Waals surface area contributed by atoms with Crippen molar-refractivity contribution in [3.8, 4) is 0 Å². The van der Waals surface area contributed by atoms with Crippen molar-refractivity contribution in [2.24, 2.45) is 0 Å². The van der Waals surface area contributed by atoms with Crippen LogP contribution in [0.1, 0.15) is 34.6 Å². The number of carbonyl (C=O) groups is 5. The molecule has 0 unspecified atom stereocenters. The van der Waals surface area contributed by atoms with Crippen molar-refractivity contribution in [2.45, 2.75) is 58.7 Å². The zero-order chi connectivity index (χ0) is 20.8. The van der Waals surface area contributed by atoms with E-state index in [0.717, 1.165) is 34.6 Å². The van der Waals surface area contributed by atoms with Gasteiger partial charge in [0, 0.05) is 34.6 Å². The molecule has 3 atom stereocenters. The molecule has 0 saturated carbocycles. The minimum Gasteiger partial charge on any atom is -0.463 e. The van der Waals surface area contributed by atoms with Crippen molar-refractivity contribution in [1.82, 2.24) is 0 Å². The lowest BCUT2D eigenvalue weighted by atomic mass is 9.94. The Bertz CT molecular complexity index is 595. The van der Waals surface area contributed by atoms with Gasteiger partial charge in [-0.1, -0.05) is 0 Å². The van der Waals surface area contributed by atoms with Gasteiger partial charge in [0.1, 0.15) is 6.61 Å². The molecule has 0 radical (unpaired) electrons. The normalized spacial score (nSPS) is 23.5. The molecule has 0 aliphatic carbocycles. The smallest absolute Gasteiger partial charge is 0.327 e. The third-order valence-electron chi connectivity index (χ3n) is 3.30. The predicted molar refractivity (Wildman–Crippen MR) is 83.7 cm³/mol. The van der Waals surface area contributed by atoms with Gasteiger partial charge in [-0.3, -0.25) is 24.0 Å². The van der Waals surface area contributed by atoms with Gasteiger partial charge in [0.05, 0.1) is 6.61 Å². The zero-order valence-electron chi connectivity index (χ0n) is 15.6. The molecule has 152 valence electrons. The summed E-state index contributed by atoms with van der Waals surface area (Å²) >= 11 is 0. The number of ether oxygens (including phenoxy) is 6. The fourth-order valence-electron chi connectivity index (χ4n) is 2.58. The molecule has 1 aliphatic heterocycles. The Morgan fingerprint density at radius 3 is 1.74 bits per heavy atom. The number of rotatable bonds is 6. The predicted octanol–water partition coefficient (Wildman–Crippen LogP) is -0.366. The maximum absolute atomic E-state index is 11.7. The average Bonchev–Trinajstić information content (AvgIpc) is 2.47. The summed E-state index contributed by atoms with van der Waals surface area (Å²) in [6.45, 7) is 4.56. The molecule has 0 spiro atoms. The molecule has 0 bridgehead atoms. The lowest BCUT2D eigenvalue weighted by Crippen LogP contribution is -2.69. The maximum Gasteiger partial charge on any atom is 0.327 e. The van der Waals surface area contributed by atoms with Crippen LogP contribution in [0.2, 0.25) is 0 Å². The van der Waals surface area contributed by atoms with Gasteiger partial charge in [0.2, 0.25) is 6.10 Å². The van der Waals surface area contributed by atoms with Crippen LogP contribution in [-0.2, 0) is 52.4 Å². The van der Waals surface area contributed by atoms with E-state index >= 15 is 0 Å². The number of esters is 5. The lowest BCUT2D eigenvalue weighted by molar-refractivity contribution is -0.343. The van der Waals surface area contributed by atoms with E-state index in [-0.39, 0.29) is 6.61 Å². The quantitative estimate of drug-likeness (QED) is 0.333. The van der Waals surface area contributed by atoms with Gasteiger partial charge in [-0.15, -0.1) is 0 Å². The second-order valence-electron chi connectivity index (χ2n) is 5.71. The van der Waals surface area contributed by atoms with Crippen LogP contribution in [0.15, 0.2) is 0 Å². The first-order chi connectivity index (χ1) is 12.5. The molecule has 1 aliphatic rings. The summed E-state index contributed by atoms with van der Waals surface area (Å²) in [6.07, 6.45) is -4.15. The number of hydrogen-bond acceptors (Lipinski definition) is 11. The third-order valence-corrected chi connectivity index (χ3v) is 3.30. The van der Waals surface area contributed by atoms with Crippen LogP contribution in [-0.4, -0.2) is 67.2 Å². The van der Waals surface area contributed by atoms with E-state index in [4.69, 9.17) is 28.4 Å². The standard InChI is InChI=1S/C16H22O11/c1-8(17)22-7-14-16(26-11(4)20,27-12(5)21)15(25-10(3)19)13(6-23-14)24-9(2)18/h13-15H,6-7H2,1-5H3/t13-,14+,15+/m0/s1. The van der Waals surface area contributed by atoms with Crippen LogP contribution >= 0.6 is 0 Å². The van der Waals surface area contributed by atoms with Gasteiger partial charge in [-0.2, -0.15) is 0 Å². The summed E-state index contributed by atoms with van der Waals surface area (Å²) in [6, 6.07) is 0. The fourth-order valence-corrected chi connectivity index (χ4v) is 2.58. The summed E-state index contributed by atoms with van der Waals surface area (Å²) in [7, 11) is 0. The molecule has 0 aromatic rings. The molecular formula is C16H22O11. The van der Waals surface area contributed by atoms with Gasteiger partial charge in [-0.25, -0.2) is 0 Å². The molecule has 1 rings (SSSR count). The van der Waals surface area contributed by atoms with Crippen LogP contribution < -0.4 is 0 Å². The highest BCUT2D eigenvalue weighted by molar-refractivity contribution is 5.71. The monoisotopic (exact) mass is 390 g/mol. The molecule has 0 aromatic heterocycles. The highest BCUT2D eigenvalue weighted by atomic mass is 16.8. The minimum atomic E-state index is -2.34. The Kier molecular flexibility index (Phi) is 7.70. The second kappa shape index (κ2) is 9.31. The van der Waals surface area contributed by atoms with Gasteiger partial charge in [-0.05, 0) is 0 Å². The third kappa shape index (κ3) is 6.20. The van der Waals surface area contributed by atoms with E-state index in [9.17, 15) is 24.0 Å². The van der Waals surface area contributed by atoms with Gasteiger partial charge < -0.3 is 28.4 Å². The van der Waals surface area contributed by atoms with E-state index in [2.05, 4.69) is 0 Å². The van der Waals surface area contributed by atoms with Gasteiger partial charge in [0.25, 0.3) is 0 Å². The summed E-state index contributed by atoms with van der Waals surface area (Å²) in [5.74, 6) is -6.39. The van der Waals surface area contributed by atoms with Crippen LogP contribution in [0.3, 0.4) is 0 Å². The van der Waals surface area contributed by atoms with Crippen LogP contribution in [0.4, 0.5) is 0 Å². The molecule has 0 aromatic carbocycles. The summed E-state index contributed by atoms with van der Waals surface area (Å²) < 4.78 is 31.0. The summed E-state index contributed by atoms with van der Waals surface area (Å²) in [4.78, 5) is 57.6. The van der Waals surface area contributed by atoms with Crippen molar-refractivity contribution in [3.05, 3.63) is 0 Å². The molecule has 11 nitrogen and oxygen atoms in total. The highest BCUT2D eigenvalue weighted by Crippen LogP contribution is 2.36. The van der Waals surface area contributed by atoms with Crippen LogP contribution in [0.5, 0.6) is 0 Å². The van der Waals surface area contributed by atoms with Crippen LogP contribution in [0, 0.1) is 0 Å². The number of hydrogen-bond donors (Lipinski definition) is 0. The maximum atomic E-state index is 11.7. The van der Waals surface area contributed by atoms with E-state index in [1.54, 1.807) is 0 Å². The first kappa shape index (κ1) is 22.4. The molecule has 1 heterocycles. The Morgan fingerprint density at radius 1 is 0.815 bits per heavy atom. The fraction of sp³-hybridized carbons (Fsp3) is 0.688. The summed E-state index contributed by atoms with van der Waals surface area (Å²) in [5, 5.41) is 0. The highest BCUT2D eigenvalue weighted by Gasteiger charge is 2.62. The molecule has 1 saturated heterocycles. The van der Waals surface area contributed by atoms with Crippen molar-refractivity contribution in [2.75, 3.05) is 13.2 Å². The van der Waals surface area contributed by atoms with E-state index in [1.807, 2.05) is 0 Å². The molecular weight excluding hydrogens is 368 g/mol. The van der Waals surface area contributed by atoms with Crippen molar-refractivity contribution >= 4 is 29.8 Å². The first-order valence-electron chi connectivity index (χ1n) is 7.96. The Hall–Kier alpha value is -2.69. The largest absolute Gasteiger partial charge is 0.463 e. The van der Waals surface area contributed by atoms with E-state index in [0.29, 0.717) is 0 Å². The Labute approximate surface area is 155 Å². The number of carbonyl (C=O) groups excluding carboxylic acids is 5. The van der Waals surface area contributed by atoms with Crippen molar-refractivity contribution in [1.29, 1.82) is 0 Å². The first-order valence-corrected chi connectivity index (χ1v) is 7.96. The lowest BCUT2D eigenvalue weighted by Gasteiger charge is -2.47. The molecule has 27 heavy (non-hydrogen) atoms. The van der Waals surface area contributed by atoms with E-state index < -0.39 is 60.6 Å². The molecule has 11 heteroatoms. The van der Waals surface area contributed by atoms with Gasteiger partial charge >= 0.3 is 35.6 Å². The topological polar surface area (TPSA) is 141 Å². The molecule has 0 N–H and O–H groups in total. The molecule has 1 fully saturated rings. The SMILES string of the molecule is CC(=O)OC[C@H]1OC[C@H](OC(C)=O)[C@@H](OC(C)=O)C1(OC(C)=O)OC(C)=O. The van der Waals surface area contributed by atoms with Crippen molar-refractivity contribution < 1.29 is 52.4 Å². The Morgan fingerprint density at radius 2 is 1.33 bits per heavy atom. The zero-order valence-corrected chi connectivity index (χ0v) is 15.6. The Balaban J connectivity index is 3.44. The second-order valence-corrected chi connectivity index (χ2v) is 5.71. The molecule has 0 amide bonds. The van der Waals surface area contributed by atoms with Crippen molar-refractivity contribution in [3.63, 3.8) is 0 Å². The van der Waals surface area contributed by atoms with Gasteiger partial charge in [0.15, 0.2) is 12.2 Å². The average molecular weight is 390 g/mol. The van der Waals surface area contributed by atoms with E-state index in [1.165, 1.54) is 0 Å². The minimum absolute atomic E-state index is 0.298. The van der Waals surface area contributed by atoms with Crippen LogP contribution in [0.25, 0.3) is 0 Å².